The number of amides is 1. The lowest BCUT2D eigenvalue weighted by atomic mass is 10.2. The Morgan fingerprint density at radius 2 is 2.22 bits per heavy atom. The lowest BCUT2D eigenvalue weighted by Gasteiger charge is -2.12. The van der Waals surface area contributed by atoms with Crippen LogP contribution in [0.4, 0.5) is 5.69 Å². The molecular weight excluding hydrogens is 288 g/mol. The summed E-state index contributed by atoms with van der Waals surface area (Å²) in [7, 11) is 0. The molecule has 0 spiro atoms. The van der Waals surface area contributed by atoms with Gasteiger partial charge in [-0.15, -0.1) is 11.8 Å². The normalized spacial score (nSPS) is 12.2. The van der Waals surface area contributed by atoms with Crippen LogP contribution in [-0.2, 0) is 4.79 Å². The van der Waals surface area contributed by atoms with Gasteiger partial charge in [-0.1, -0.05) is 11.6 Å². The van der Waals surface area contributed by atoms with E-state index in [9.17, 15) is 4.79 Å². The SMILES string of the molecule is CSCC[C@H](N)C(=O)Nc1ccc(SC)c(Cl)c1. The highest BCUT2D eigenvalue weighted by Crippen LogP contribution is 2.27. The molecule has 0 saturated carbocycles. The van der Waals surface area contributed by atoms with E-state index in [1.807, 2.05) is 24.6 Å². The maximum Gasteiger partial charge on any atom is 0.241 e. The Bertz CT molecular complexity index is 415. The topological polar surface area (TPSA) is 55.1 Å². The van der Waals surface area contributed by atoms with Crippen LogP contribution in [0.2, 0.25) is 5.02 Å². The number of hydrogen-bond donors (Lipinski definition) is 2. The minimum absolute atomic E-state index is 0.169. The Morgan fingerprint density at radius 3 is 2.78 bits per heavy atom. The highest BCUT2D eigenvalue weighted by molar-refractivity contribution is 7.98. The molecule has 0 unspecified atom stereocenters. The van der Waals surface area contributed by atoms with Crippen molar-refractivity contribution in [3.05, 3.63) is 23.2 Å². The smallest absolute Gasteiger partial charge is 0.241 e. The molecule has 1 atom stereocenters. The molecule has 0 heterocycles. The van der Waals surface area contributed by atoms with Crippen molar-refractivity contribution in [3.63, 3.8) is 0 Å². The van der Waals surface area contributed by atoms with Crippen LogP contribution in [0.25, 0.3) is 0 Å². The number of benzene rings is 1. The maximum absolute atomic E-state index is 11.8. The largest absolute Gasteiger partial charge is 0.325 e. The lowest BCUT2D eigenvalue weighted by Crippen LogP contribution is -2.36. The highest BCUT2D eigenvalue weighted by atomic mass is 35.5. The number of nitrogens with one attached hydrogen (secondary N) is 1. The van der Waals surface area contributed by atoms with Gasteiger partial charge in [0.2, 0.25) is 5.91 Å². The summed E-state index contributed by atoms with van der Waals surface area (Å²) < 4.78 is 0. The third kappa shape index (κ3) is 4.72. The van der Waals surface area contributed by atoms with Crippen molar-refractivity contribution in [2.75, 3.05) is 23.6 Å². The van der Waals surface area contributed by atoms with E-state index < -0.39 is 6.04 Å². The Labute approximate surface area is 121 Å². The van der Waals surface area contributed by atoms with Crippen LogP contribution >= 0.6 is 35.1 Å². The lowest BCUT2D eigenvalue weighted by molar-refractivity contribution is -0.117. The zero-order valence-corrected chi connectivity index (χ0v) is 12.8. The standard InChI is InChI=1S/C12H17ClN2OS2/c1-17-6-5-10(14)12(16)15-8-3-4-11(18-2)9(13)7-8/h3-4,7,10H,5-6,14H2,1-2H3,(H,15,16)/t10-/m0/s1. The van der Waals surface area contributed by atoms with Gasteiger partial charge >= 0.3 is 0 Å². The number of carbonyl (C=O) groups is 1. The van der Waals surface area contributed by atoms with E-state index in [0.29, 0.717) is 17.1 Å². The van der Waals surface area contributed by atoms with E-state index in [1.165, 1.54) is 0 Å². The summed E-state index contributed by atoms with van der Waals surface area (Å²) in [4.78, 5) is 12.8. The third-order valence-electron chi connectivity index (χ3n) is 2.39. The molecule has 1 aromatic carbocycles. The molecule has 0 fully saturated rings. The summed E-state index contributed by atoms with van der Waals surface area (Å²) in [5, 5.41) is 3.41. The second-order valence-corrected chi connectivity index (χ2v) is 5.97. The molecule has 1 rings (SSSR count). The van der Waals surface area contributed by atoms with Crippen molar-refractivity contribution in [1.82, 2.24) is 0 Å². The van der Waals surface area contributed by atoms with Crippen molar-refractivity contribution >= 4 is 46.7 Å². The average Bonchev–Trinajstić information content (AvgIpc) is 2.36. The molecule has 18 heavy (non-hydrogen) atoms. The van der Waals surface area contributed by atoms with Crippen molar-refractivity contribution in [3.8, 4) is 0 Å². The summed E-state index contributed by atoms with van der Waals surface area (Å²) >= 11 is 9.31. The first-order chi connectivity index (χ1) is 8.58. The molecular formula is C12H17ClN2OS2. The predicted molar refractivity (Wildman–Crippen MR) is 82.8 cm³/mol. The van der Waals surface area contributed by atoms with Crippen molar-refractivity contribution < 1.29 is 4.79 Å². The van der Waals surface area contributed by atoms with Gasteiger partial charge in [-0.05, 0) is 42.9 Å². The number of thioether (sulfide) groups is 2. The Hall–Kier alpha value is -0.360. The van der Waals surface area contributed by atoms with Crippen LogP contribution in [0.3, 0.4) is 0 Å². The van der Waals surface area contributed by atoms with Crippen LogP contribution in [0.15, 0.2) is 23.1 Å². The minimum atomic E-state index is -0.476. The molecule has 3 nitrogen and oxygen atoms in total. The van der Waals surface area contributed by atoms with E-state index in [4.69, 9.17) is 17.3 Å². The number of hydrogen-bond acceptors (Lipinski definition) is 4. The average molecular weight is 305 g/mol. The van der Waals surface area contributed by atoms with E-state index in [1.54, 1.807) is 29.6 Å². The summed E-state index contributed by atoms with van der Waals surface area (Å²) in [6, 6.07) is 4.98. The van der Waals surface area contributed by atoms with Crippen LogP contribution in [0.1, 0.15) is 6.42 Å². The molecule has 1 amide bonds. The third-order valence-corrected chi connectivity index (χ3v) is 4.25. The monoisotopic (exact) mass is 304 g/mol. The molecule has 0 saturated heterocycles. The number of carbonyl (C=O) groups excluding carboxylic acids is 1. The zero-order chi connectivity index (χ0) is 13.5. The molecule has 1 aromatic rings. The van der Waals surface area contributed by atoms with Crippen LogP contribution in [-0.4, -0.2) is 30.2 Å². The summed E-state index contributed by atoms with van der Waals surface area (Å²) in [5.41, 5.74) is 6.47. The van der Waals surface area contributed by atoms with Crippen LogP contribution in [0, 0.1) is 0 Å². The van der Waals surface area contributed by atoms with E-state index in [-0.39, 0.29) is 5.91 Å². The summed E-state index contributed by atoms with van der Waals surface area (Å²) in [6.45, 7) is 0. The predicted octanol–water partition coefficient (Wildman–Crippen LogP) is 3.08. The van der Waals surface area contributed by atoms with E-state index in [2.05, 4.69) is 5.32 Å². The first-order valence-corrected chi connectivity index (χ1v) is 8.47. The number of nitrogens with two attached hydrogens (primary N) is 1. The zero-order valence-electron chi connectivity index (χ0n) is 10.4. The Kier molecular flexibility index (Phi) is 6.92. The number of rotatable bonds is 6. The second-order valence-electron chi connectivity index (χ2n) is 3.73. The van der Waals surface area contributed by atoms with E-state index in [0.717, 1.165) is 10.6 Å². The van der Waals surface area contributed by atoms with Crippen molar-refractivity contribution in [1.29, 1.82) is 0 Å². The molecule has 0 aliphatic heterocycles. The van der Waals surface area contributed by atoms with Crippen molar-refractivity contribution in [2.24, 2.45) is 5.73 Å². The fourth-order valence-electron chi connectivity index (χ4n) is 1.36. The van der Waals surface area contributed by atoms with Gasteiger partial charge in [0.15, 0.2) is 0 Å². The van der Waals surface area contributed by atoms with Gasteiger partial charge in [-0.3, -0.25) is 4.79 Å². The second kappa shape index (κ2) is 7.94. The van der Waals surface area contributed by atoms with Gasteiger partial charge < -0.3 is 11.1 Å². The molecule has 0 radical (unpaired) electrons. The molecule has 0 aromatic heterocycles. The number of halogens is 1. The minimum Gasteiger partial charge on any atom is -0.325 e. The quantitative estimate of drug-likeness (QED) is 0.793. The van der Waals surface area contributed by atoms with Gasteiger partial charge in [0.25, 0.3) is 0 Å². The summed E-state index contributed by atoms with van der Waals surface area (Å²) in [6.07, 6.45) is 4.62. The van der Waals surface area contributed by atoms with E-state index >= 15 is 0 Å². The van der Waals surface area contributed by atoms with Gasteiger partial charge in [-0.2, -0.15) is 11.8 Å². The van der Waals surface area contributed by atoms with Gasteiger partial charge in [-0.25, -0.2) is 0 Å². The van der Waals surface area contributed by atoms with Gasteiger partial charge in [0.05, 0.1) is 11.1 Å². The molecule has 0 aliphatic rings. The van der Waals surface area contributed by atoms with Crippen LogP contribution < -0.4 is 11.1 Å². The fourth-order valence-corrected chi connectivity index (χ4v) is 2.71. The van der Waals surface area contributed by atoms with Crippen LogP contribution in [0.5, 0.6) is 0 Å². The molecule has 3 N–H and O–H groups in total. The highest BCUT2D eigenvalue weighted by Gasteiger charge is 2.13. The van der Waals surface area contributed by atoms with Gasteiger partial charge in [0.1, 0.15) is 0 Å². The first kappa shape index (κ1) is 15.7. The molecule has 6 heteroatoms. The fraction of sp³-hybridized carbons (Fsp3) is 0.417. The van der Waals surface area contributed by atoms with Crippen molar-refractivity contribution in [2.45, 2.75) is 17.4 Å². The Balaban J connectivity index is 2.61. The molecule has 100 valence electrons. The first-order valence-electron chi connectivity index (χ1n) is 5.47. The molecule has 0 aliphatic carbocycles. The Morgan fingerprint density at radius 1 is 1.50 bits per heavy atom. The van der Waals surface area contributed by atoms with Gasteiger partial charge in [0, 0.05) is 10.6 Å². The number of anilines is 1. The molecule has 0 bridgehead atoms. The maximum atomic E-state index is 11.8. The summed E-state index contributed by atoms with van der Waals surface area (Å²) in [5.74, 6) is 0.706.